The first-order chi connectivity index (χ1) is 9.08. The Morgan fingerprint density at radius 3 is 2.47 bits per heavy atom. The van der Waals surface area contributed by atoms with E-state index >= 15 is 0 Å². The Morgan fingerprint density at radius 2 is 2.00 bits per heavy atom. The highest BCUT2D eigenvalue weighted by Gasteiger charge is 2.19. The van der Waals surface area contributed by atoms with Crippen LogP contribution < -0.4 is 15.8 Å². The summed E-state index contributed by atoms with van der Waals surface area (Å²) in [7, 11) is 0. The smallest absolute Gasteiger partial charge is 0.234 e. The Bertz CT molecular complexity index is 432. The summed E-state index contributed by atoms with van der Waals surface area (Å²) in [4.78, 5) is 12.2. The summed E-state index contributed by atoms with van der Waals surface area (Å²) < 4.78 is 5.47. The summed E-state index contributed by atoms with van der Waals surface area (Å²) in [5, 5.41) is 2.80. The lowest BCUT2D eigenvalue weighted by Gasteiger charge is -2.13. The number of carbonyl (C=O) groups excluding carboxylic acids is 1. The Morgan fingerprint density at radius 1 is 1.37 bits per heavy atom. The molecule has 4 nitrogen and oxygen atoms in total. The van der Waals surface area contributed by atoms with E-state index in [1.807, 2.05) is 19.1 Å². The van der Waals surface area contributed by atoms with Crippen LogP contribution in [0.1, 0.15) is 26.7 Å². The molecule has 0 heterocycles. The average molecular weight is 280 g/mol. The number of rotatable bonds is 7. The highest BCUT2D eigenvalue weighted by molar-refractivity contribution is 7.80. The van der Waals surface area contributed by atoms with Crippen LogP contribution in [0.4, 0.5) is 5.69 Å². The van der Waals surface area contributed by atoms with Gasteiger partial charge < -0.3 is 15.8 Å². The highest BCUT2D eigenvalue weighted by Crippen LogP contribution is 2.17. The molecule has 104 valence electrons. The molecule has 0 aliphatic heterocycles. The molecule has 0 fully saturated rings. The number of amides is 1. The molecule has 1 amide bonds. The number of ether oxygens (including phenoxy) is 1. The first-order valence-corrected chi connectivity index (χ1v) is 6.82. The normalized spacial score (nSPS) is 11.7. The van der Waals surface area contributed by atoms with E-state index in [0.717, 1.165) is 12.2 Å². The molecule has 0 radical (unpaired) electrons. The molecule has 1 unspecified atom stereocenters. The summed E-state index contributed by atoms with van der Waals surface area (Å²) in [5.74, 6) is 0.199. The maximum atomic E-state index is 11.9. The molecule has 0 spiro atoms. The lowest BCUT2D eigenvalue weighted by Crippen LogP contribution is -2.32. The summed E-state index contributed by atoms with van der Waals surface area (Å²) in [6.45, 7) is 4.62. The van der Waals surface area contributed by atoms with E-state index in [0.29, 0.717) is 18.7 Å². The molecular formula is C14H20N2O2S. The van der Waals surface area contributed by atoms with Gasteiger partial charge in [-0.2, -0.15) is 0 Å². The first-order valence-electron chi connectivity index (χ1n) is 6.41. The predicted octanol–water partition coefficient (Wildman–Crippen LogP) is 2.73. The SMILES string of the molecule is CCCOc1ccc(NC(=O)C(CC)C(N)=S)cc1. The van der Waals surface area contributed by atoms with Crippen molar-refractivity contribution in [1.29, 1.82) is 0 Å². The zero-order chi connectivity index (χ0) is 14.3. The van der Waals surface area contributed by atoms with Gasteiger partial charge in [0.25, 0.3) is 0 Å². The molecule has 1 rings (SSSR count). The molecule has 1 atom stereocenters. The maximum Gasteiger partial charge on any atom is 0.234 e. The second-order valence-corrected chi connectivity index (χ2v) is 4.70. The number of benzene rings is 1. The number of nitrogens with one attached hydrogen (secondary N) is 1. The van der Waals surface area contributed by atoms with Gasteiger partial charge in [0.05, 0.1) is 17.5 Å². The minimum absolute atomic E-state index is 0.169. The summed E-state index contributed by atoms with van der Waals surface area (Å²) >= 11 is 4.87. The average Bonchev–Trinajstić information content (AvgIpc) is 2.38. The van der Waals surface area contributed by atoms with E-state index in [1.165, 1.54) is 0 Å². The minimum atomic E-state index is -0.425. The fraction of sp³-hybridized carbons (Fsp3) is 0.429. The largest absolute Gasteiger partial charge is 0.494 e. The first kappa shape index (κ1) is 15.4. The second-order valence-electron chi connectivity index (χ2n) is 4.23. The van der Waals surface area contributed by atoms with E-state index in [4.69, 9.17) is 22.7 Å². The van der Waals surface area contributed by atoms with E-state index in [-0.39, 0.29) is 10.9 Å². The number of hydrogen-bond donors (Lipinski definition) is 2. The van der Waals surface area contributed by atoms with Gasteiger partial charge in [-0.3, -0.25) is 4.79 Å². The molecule has 0 aromatic heterocycles. The van der Waals surface area contributed by atoms with Crippen molar-refractivity contribution in [3.8, 4) is 5.75 Å². The topological polar surface area (TPSA) is 64.3 Å². The molecule has 0 bridgehead atoms. The summed E-state index contributed by atoms with van der Waals surface area (Å²) in [5.41, 5.74) is 6.24. The quantitative estimate of drug-likeness (QED) is 0.754. The molecule has 0 saturated heterocycles. The van der Waals surface area contributed by atoms with Gasteiger partial charge in [-0.05, 0) is 37.1 Å². The lowest BCUT2D eigenvalue weighted by atomic mass is 10.1. The number of anilines is 1. The summed E-state index contributed by atoms with van der Waals surface area (Å²) in [6, 6.07) is 7.25. The van der Waals surface area contributed by atoms with Crippen molar-refractivity contribution in [2.75, 3.05) is 11.9 Å². The number of carbonyl (C=O) groups is 1. The molecule has 3 N–H and O–H groups in total. The Balaban J connectivity index is 2.62. The predicted molar refractivity (Wildman–Crippen MR) is 81.4 cm³/mol. The molecule has 0 aliphatic rings. The second kappa shape index (κ2) is 7.74. The minimum Gasteiger partial charge on any atom is -0.494 e. The van der Waals surface area contributed by atoms with E-state index < -0.39 is 5.92 Å². The van der Waals surface area contributed by atoms with Crippen molar-refractivity contribution >= 4 is 28.8 Å². The number of nitrogens with two attached hydrogens (primary N) is 1. The zero-order valence-corrected chi connectivity index (χ0v) is 12.1. The van der Waals surface area contributed by atoms with E-state index in [1.54, 1.807) is 12.1 Å². The van der Waals surface area contributed by atoms with Crippen molar-refractivity contribution < 1.29 is 9.53 Å². The van der Waals surface area contributed by atoms with Gasteiger partial charge in [0, 0.05) is 5.69 Å². The molecule has 19 heavy (non-hydrogen) atoms. The molecule has 5 heteroatoms. The van der Waals surface area contributed by atoms with Gasteiger partial charge >= 0.3 is 0 Å². The monoisotopic (exact) mass is 280 g/mol. The van der Waals surface area contributed by atoms with E-state index in [2.05, 4.69) is 12.2 Å². The third-order valence-electron chi connectivity index (χ3n) is 2.66. The van der Waals surface area contributed by atoms with Gasteiger partial charge in [-0.15, -0.1) is 0 Å². The van der Waals surface area contributed by atoms with Crippen LogP contribution >= 0.6 is 12.2 Å². The fourth-order valence-electron chi connectivity index (χ4n) is 1.60. The maximum absolute atomic E-state index is 11.9. The van der Waals surface area contributed by atoms with Crippen molar-refractivity contribution in [1.82, 2.24) is 0 Å². The number of thiocarbonyl (C=S) groups is 1. The van der Waals surface area contributed by atoms with Crippen molar-refractivity contribution in [3.05, 3.63) is 24.3 Å². The van der Waals surface area contributed by atoms with Crippen LogP contribution in [0.25, 0.3) is 0 Å². The molecule has 0 aliphatic carbocycles. The molecular weight excluding hydrogens is 260 g/mol. The van der Waals surface area contributed by atoms with Gasteiger partial charge in [-0.1, -0.05) is 26.1 Å². The van der Waals surface area contributed by atoms with Crippen LogP contribution in [-0.2, 0) is 4.79 Å². The van der Waals surface area contributed by atoms with E-state index in [9.17, 15) is 4.79 Å². The lowest BCUT2D eigenvalue weighted by molar-refractivity contribution is -0.118. The third-order valence-corrected chi connectivity index (χ3v) is 2.95. The number of hydrogen-bond acceptors (Lipinski definition) is 3. The van der Waals surface area contributed by atoms with Gasteiger partial charge in [-0.25, -0.2) is 0 Å². The Labute approximate surface area is 119 Å². The summed E-state index contributed by atoms with van der Waals surface area (Å²) in [6.07, 6.45) is 1.56. The zero-order valence-electron chi connectivity index (χ0n) is 11.3. The molecule has 1 aromatic carbocycles. The molecule has 0 saturated carbocycles. The Hall–Kier alpha value is -1.62. The van der Waals surface area contributed by atoms with Crippen molar-refractivity contribution in [2.24, 2.45) is 11.7 Å². The Kier molecular flexibility index (Phi) is 6.29. The van der Waals surface area contributed by atoms with Gasteiger partial charge in [0.15, 0.2) is 0 Å². The van der Waals surface area contributed by atoms with Crippen LogP contribution in [-0.4, -0.2) is 17.5 Å². The standard InChI is InChI=1S/C14H20N2O2S/c1-3-9-18-11-7-5-10(6-8-11)16-14(17)12(4-2)13(15)19/h5-8,12H,3-4,9H2,1-2H3,(H2,15,19)(H,16,17). The van der Waals surface area contributed by atoms with Crippen molar-refractivity contribution in [2.45, 2.75) is 26.7 Å². The third kappa shape index (κ3) is 4.87. The van der Waals surface area contributed by atoms with Crippen LogP contribution in [0.15, 0.2) is 24.3 Å². The van der Waals surface area contributed by atoms with Crippen LogP contribution in [0.5, 0.6) is 5.75 Å². The fourth-order valence-corrected chi connectivity index (χ4v) is 1.87. The van der Waals surface area contributed by atoms with Crippen molar-refractivity contribution in [3.63, 3.8) is 0 Å². The van der Waals surface area contributed by atoms with Crippen LogP contribution in [0, 0.1) is 5.92 Å². The highest BCUT2D eigenvalue weighted by atomic mass is 32.1. The molecule has 1 aromatic rings. The van der Waals surface area contributed by atoms with Gasteiger partial charge in [0.2, 0.25) is 5.91 Å². The van der Waals surface area contributed by atoms with Gasteiger partial charge in [0.1, 0.15) is 5.75 Å². The van der Waals surface area contributed by atoms with Crippen LogP contribution in [0.2, 0.25) is 0 Å². The van der Waals surface area contributed by atoms with Crippen LogP contribution in [0.3, 0.4) is 0 Å².